The number of Topliss-reactive ketones (excluding diaryl/α,β-unsaturated/α-hetero) is 2. The van der Waals surface area contributed by atoms with Gasteiger partial charge in [0.05, 0.1) is 10.7 Å². The molecule has 0 saturated carbocycles. The summed E-state index contributed by atoms with van der Waals surface area (Å²) in [5.74, 6) is -0.146. The maximum absolute atomic E-state index is 13.5. The van der Waals surface area contributed by atoms with Gasteiger partial charge >= 0.3 is 0 Å². The van der Waals surface area contributed by atoms with Gasteiger partial charge in [0.25, 0.3) is 0 Å². The van der Waals surface area contributed by atoms with Gasteiger partial charge < -0.3 is 4.90 Å². The Morgan fingerprint density at radius 2 is 1.45 bits per heavy atom. The lowest BCUT2D eigenvalue weighted by Gasteiger charge is -2.32. The van der Waals surface area contributed by atoms with E-state index in [-0.39, 0.29) is 17.5 Å². The van der Waals surface area contributed by atoms with Crippen LogP contribution in [0.25, 0.3) is 0 Å². The molecule has 1 unspecified atom stereocenters. The molecule has 0 aliphatic carbocycles. The number of anilines is 1. The van der Waals surface area contributed by atoms with Crippen LogP contribution in [-0.4, -0.2) is 18.1 Å². The second-order valence-corrected chi connectivity index (χ2v) is 9.32. The van der Waals surface area contributed by atoms with E-state index in [1.165, 1.54) is 0 Å². The molecule has 4 heteroatoms. The van der Waals surface area contributed by atoms with Crippen molar-refractivity contribution in [2.75, 3.05) is 11.4 Å². The molecular formula is C27H23NO2S. The van der Waals surface area contributed by atoms with Gasteiger partial charge in [-0.3, -0.25) is 9.59 Å². The van der Waals surface area contributed by atoms with E-state index in [1.807, 2.05) is 74.5 Å². The molecule has 0 saturated heterocycles. The molecule has 154 valence electrons. The van der Waals surface area contributed by atoms with Crippen LogP contribution >= 0.6 is 11.8 Å². The molecule has 0 fully saturated rings. The summed E-state index contributed by atoms with van der Waals surface area (Å²) in [5, 5.41) is 0.972. The first-order valence-corrected chi connectivity index (χ1v) is 11.3. The second-order valence-electron chi connectivity index (χ2n) is 8.29. The smallest absolute Gasteiger partial charge is 0.191 e. The van der Waals surface area contributed by atoms with Gasteiger partial charge in [0.1, 0.15) is 0 Å². The fourth-order valence-electron chi connectivity index (χ4n) is 4.26. The van der Waals surface area contributed by atoms with E-state index in [9.17, 15) is 9.59 Å². The molecule has 1 atom stereocenters. The van der Waals surface area contributed by atoms with Crippen molar-refractivity contribution >= 4 is 29.0 Å². The number of fused-ring (bicyclic) bond motifs is 3. The zero-order valence-electron chi connectivity index (χ0n) is 17.6. The number of hydrogen-bond donors (Lipinski definition) is 0. The average molecular weight is 426 g/mol. The number of ketones is 2. The molecule has 0 bridgehead atoms. The summed E-state index contributed by atoms with van der Waals surface area (Å²) in [4.78, 5) is 30.2. The lowest BCUT2D eigenvalue weighted by atomic mass is 9.85. The highest BCUT2D eigenvalue weighted by atomic mass is 32.2. The molecule has 0 aromatic heterocycles. The van der Waals surface area contributed by atoms with Crippen molar-refractivity contribution < 1.29 is 9.59 Å². The van der Waals surface area contributed by atoms with E-state index in [4.69, 9.17) is 0 Å². The molecule has 3 aromatic rings. The van der Waals surface area contributed by atoms with E-state index >= 15 is 0 Å². The number of hydrogen-bond acceptors (Lipinski definition) is 4. The lowest BCUT2D eigenvalue weighted by molar-refractivity contribution is 0.0915. The van der Waals surface area contributed by atoms with Gasteiger partial charge in [-0.05, 0) is 32.4 Å². The van der Waals surface area contributed by atoms with Gasteiger partial charge in [0.15, 0.2) is 11.6 Å². The number of aryl methyl sites for hydroxylation is 2. The Labute approximate surface area is 186 Å². The molecule has 3 aromatic carbocycles. The van der Waals surface area contributed by atoms with Gasteiger partial charge in [-0.2, -0.15) is 0 Å². The maximum Gasteiger partial charge on any atom is 0.191 e. The van der Waals surface area contributed by atoms with Crippen LogP contribution in [0.1, 0.15) is 38.3 Å². The number of para-hydroxylation sites is 1. The highest BCUT2D eigenvalue weighted by Crippen LogP contribution is 2.51. The molecule has 31 heavy (non-hydrogen) atoms. The monoisotopic (exact) mass is 425 g/mol. The third-order valence-corrected chi connectivity index (χ3v) is 7.24. The maximum atomic E-state index is 13.5. The van der Waals surface area contributed by atoms with Crippen LogP contribution in [0, 0.1) is 19.8 Å². The number of allylic oxidation sites excluding steroid dienone is 1. The molecule has 3 nitrogen and oxygen atoms in total. The van der Waals surface area contributed by atoms with E-state index < -0.39 is 0 Å². The van der Waals surface area contributed by atoms with Crippen LogP contribution in [0.3, 0.4) is 0 Å². The summed E-state index contributed by atoms with van der Waals surface area (Å²) >= 11 is 1.64. The number of thioether (sulfide) groups is 1. The van der Waals surface area contributed by atoms with E-state index in [1.54, 1.807) is 11.8 Å². The van der Waals surface area contributed by atoms with Crippen molar-refractivity contribution in [2.45, 2.75) is 25.2 Å². The minimum atomic E-state index is -0.261. The number of nitrogens with zero attached hydrogens (tertiary/aromatic N) is 1. The molecule has 5 rings (SSSR count). The molecule has 0 radical (unpaired) electrons. The summed E-state index contributed by atoms with van der Waals surface area (Å²) in [5.41, 5.74) is 5.45. The van der Waals surface area contributed by atoms with Crippen LogP contribution < -0.4 is 4.90 Å². The Morgan fingerprint density at radius 3 is 2.13 bits per heavy atom. The minimum Gasteiger partial charge on any atom is -0.334 e. The van der Waals surface area contributed by atoms with Gasteiger partial charge in [-0.25, -0.2) is 0 Å². The van der Waals surface area contributed by atoms with Crippen LogP contribution in [0.2, 0.25) is 0 Å². The molecule has 2 aliphatic heterocycles. The summed E-state index contributed by atoms with van der Waals surface area (Å²) in [6, 6.07) is 23.6. The van der Waals surface area contributed by atoms with Crippen LogP contribution in [0.4, 0.5) is 5.69 Å². The Kier molecular flexibility index (Phi) is 5.03. The predicted molar refractivity (Wildman–Crippen MR) is 126 cm³/mol. The second kappa shape index (κ2) is 7.86. The fraction of sp³-hybridized carbons (Fsp3) is 0.185. The van der Waals surface area contributed by atoms with Crippen LogP contribution in [-0.2, 0) is 0 Å². The molecule has 2 aliphatic rings. The standard InChI is InChI=1S/C27H23NO2S/c1-17-7-11-19(12-8-17)25(29)21-15-22(26(30)20-13-9-18(2)10-14-20)27-28(16-21)23-5-3-4-6-24(23)31-27/h3-14,21H,15-16H2,1-2H3. The predicted octanol–water partition coefficient (Wildman–Crippen LogP) is 6.21. The summed E-state index contributed by atoms with van der Waals surface area (Å²) in [7, 11) is 0. The van der Waals surface area contributed by atoms with Gasteiger partial charge in [-0.15, -0.1) is 0 Å². The third kappa shape index (κ3) is 3.61. The molecule has 0 amide bonds. The average Bonchev–Trinajstić information content (AvgIpc) is 3.17. The summed E-state index contributed by atoms with van der Waals surface area (Å²) < 4.78 is 0. The van der Waals surface area contributed by atoms with E-state index in [0.717, 1.165) is 32.3 Å². The van der Waals surface area contributed by atoms with Crippen LogP contribution in [0.15, 0.2) is 88.3 Å². The topological polar surface area (TPSA) is 37.4 Å². The highest BCUT2D eigenvalue weighted by Gasteiger charge is 2.39. The number of rotatable bonds is 4. The minimum absolute atomic E-state index is 0.0155. The Morgan fingerprint density at radius 1 is 0.839 bits per heavy atom. The lowest BCUT2D eigenvalue weighted by Crippen LogP contribution is -2.37. The fourth-order valence-corrected chi connectivity index (χ4v) is 5.48. The summed E-state index contributed by atoms with van der Waals surface area (Å²) in [6.45, 7) is 4.62. The van der Waals surface area contributed by atoms with Crippen molar-refractivity contribution in [3.8, 4) is 0 Å². The number of carbonyl (C=O) groups excluding carboxylic acids is 2. The quantitative estimate of drug-likeness (QED) is 0.466. The van der Waals surface area contributed by atoms with Crippen molar-refractivity contribution in [1.29, 1.82) is 0 Å². The highest BCUT2D eigenvalue weighted by molar-refractivity contribution is 8.03. The first-order valence-electron chi connectivity index (χ1n) is 10.5. The third-order valence-electron chi connectivity index (χ3n) is 6.01. The zero-order valence-corrected chi connectivity index (χ0v) is 18.4. The first kappa shape index (κ1) is 19.8. The molecule has 0 N–H and O–H groups in total. The molecule has 2 heterocycles. The van der Waals surface area contributed by atoms with Gasteiger partial charge in [-0.1, -0.05) is 83.6 Å². The van der Waals surface area contributed by atoms with Crippen molar-refractivity contribution in [1.82, 2.24) is 0 Å². The SMILES string of the molecule is Cc1ccc(C(=O)C2=C3Sc4ccccc4N3CC(C(=O)c3ccc(C)cc3)C2)cc1. The number of benzene rings is 3. The van der Waals surface area contributed by atoms with Gasteiger partial charge in [0.2, 0.25) is 0 Å². The largest absolute Gasteiger partial charge is 0.334 e. The van der Waals surface area contributed by atoms with E-state index in [2.05, 4.69) is 17.0 Å². The Balaban J connectivity index is 1.55. The van der Waals surface area contributed by atoms with Crippen molar-refractivity contribution in [3.05, 3.63) is 106 Å². The van der Waals surface area contributed by atoms with Gasteiger partial charge in [0, 0.05) is 34.1 Å². The first-order chi connectivity index (χ1) is 15.0. The Bertz CT molecular complexity index is 1210. The summed E-state index contributed by atoms with van der Waals surface area (Å²) in [6.07, 6.45) is 0.465. The van der Waals surface area contributed by atoms with Crippen molar-refractivity contribution in [3.63, 3.8) is 0 Å². The molecular weight excluding hydrogens is 402 g/mol. The van der Waals surface area contributed by atoms with E-state index in [0.29, 0.717) is 24.1 Å². The normalized spacial score (nSPS) is 17.4. The van der Waals surface area contributed by atoms with Crippen LogP contribution in [0.5, 0.6) is 0 Å². The number of carbonyl (C=O) groups is 2. The Hall–Kier alpha value is -3.11. The van der Waals surface area contributed by atoms with Crippen molar-refractivity contribution in [2.24, 2.45) is 5.92 Å². The zero-order chi connectivity index (χ0) is 21.5. The molecule has 0 spiro atoms.